The molecule has 1 unspecified atom stereocenters. The molecule has 1 N–H and O–H groups in total. The lowest BCUT2D eigenvalue weighted by Crippen LogP contribution is -2.35. The molecule has 92 valence electrons. The van der Waals surface area contributed by atoms with Gasteiger partial charge in [-0.25, -0.2) is 0 Å². The summed E-state index contributed by atoms with van der Waals surface area (Å²) in [4.78, 5) is 16.3. The van der Waals surface area contributed by atoms with Crippen LogP contribution in [-0.2, 0) is 4.79 Å². The van der Waals surface area contributed by atoms with E-state index in [0.717, 1.165) is 38.8 Å². The van der Waals surface area contributed by atoms with Crippen molar-refractivity contribution in [3.63, 3.8) is 0 Å². The summed E-state index contributed by atoms with van der Waals surface area (Å²) in [6.07, 6.45) is 4.56. The molecule has 2 fully saturated rings. The van der Waals surface area contributed by atoms with Gasteiger partial charge in [0.25, 0.3) is 0 Å². The van der Waals surface area contributed by atoms with Gasteiger partial charge in [0.05, 0.1) is 11.7 Å². The van der Waals surface area contributed by atoms with Crippen molar-refractivity contribution in [2.24, 2.45) is 0 Å². The number of hydrogen-bond acceptors (Lipinski definition) is 3. The van der Waals surface area contributed by atoms with Crippen molar-refractivity contribution < 1.29 is 4.79 Å². The van der Waals surface area contributed by atoms with E-state index in [4.69, 9.17) is 0 Å². The van der Waals surface area contributed by atoms with Crippen molar-refractivity contribution in [3.8, 4) is 0 Å². The third-order valence-corrected chi connectivity index (χ3v) is 3.63. The fraction of sp³-hybridized carbons (Fsp3) is 0.917. The monoisotopic (exact) mass is 225 g/mol. The standard InChI is InChI=1S/C12H23N3O/c1-10-13-12(6-7-12)11(16)15(10)9-5-4-8-14(2)3/h10,13H,4-9H2,1-3H3. The Bertz CT molecular complexity index is 273. The second-order valence-electron chi connectivity index (χ2n) is 5.41. The van der Waals surface area contributed by atoms with Crippen LogP contribution in [0.4, 0.5) is 0 Å². The SMILES string of the molecule is CC1NC2(CC2)C(=O)N1CCCCN(C)C. The predicted octanol–water partition coefficient (Wildman–Crippen LogP) is 0.639. The van der Waals surface area contributed by atoms with E-state index in [1.165, 1.54) is 0 Å². The van der Waals surface area contributed by atoms with E-state index in [-0.39, 0.29) is 11.7 Å². The summed E-state index contributed by atoms with van der Waals surface area (Å²) in [5.74, 6) is 0.338. The topological polar surface area (TPSA) is 35.6 Å². The molecular formula is C12H23N3O. The minimum absolute atomic E-state index is 0.138. The first-order valence-corrected chi connectivity index (χ1v) is 6.29. The van der Waals surface area contributed by atoms with Crippen LogP contribution in [0.2, 0.25) is 0 Å². The molecule has 1 amide bonds. The van der Waals surface area contributed by atoms with Gasteiger partial charge in [0, 0.05) is 6.54 Å². The normalized spacial score (nSPS) is 27.1. The van der Waals surface area contributed by atoms with Crippen LogP contribution in [-0.4, -0.2) is 54.6 Å². The van der Waals surface area contributed by atoms with Crippen LogP contribution in [0.25, 0.3) is 0 Å². The number of rotatable bonds is 5. The van der Waals surface area contributed by atoms with Crippen LogP contribution in [0.3, 0.4) is 0 Å². The van der Waals surface area contributed by atoms with Crippen molar-refractivity contribution in [3.05, 3.63) is 0 Å². The molecule has 0 radical (unpaired) electrons. The minimum atomic E-state index is -0.138. The molecule has 1 aliphatic carbocycles. The molecule has 1 atom stereocenters. The quantitative estimate of drug-likeness (QED) is 0.697. The number of amides is 1. The molecule has 0 aromatic carbocycles. The first-order chi connectivity index (χ1) is 7.55. The van der Waals surface area contributed by atoms with Crippen LogP contribution in [0.15, 0.2) is 0 Å². The zero-order chi connectivity index (χ0) is 11.8. The van der Waals surface area contributed by atoms with Gasteiger partial charge in [-0.2, -0.15) is 0 Å². The van der Waals surface area contributed by atoms with Crippen LogP contribution < -0.4 is 5.32 Å². The van der Waals surface area contributed by atoms with E-state index in [9.17, 15) is 4.79 Å². The number of hydrogen-bond donors (Lipinski definition) is 1. The molecule has 1 saturated carbocycles. The van der Waals surface area contributed by atoms with Gasteiger partial charge in [0.15, 0.2) is 0 Å². The average molecular weight is 225 g/mol. The van der Waals surface area contributed by atoms with Crippen LogP contribution in [0.1, 0.15) is 32.6 Å². The van der Waals surface area contributed by atoms with E-state index < -0.39 is 0 Å². The van der Waals surface area contributed by atoms with E-state index in [1.807, 2.05) is 4.90 Å². The lowest BCUT2D eigenvalue weighted by Gasteiger charge is -2.21. The Kier molecular flexibility index (Phi) is 3.22. The summed E-state index contributed by atoms with van der Waals surface area (Å²) >= 11 is 0. The van der Waals surface area contributed by atoms with Crippen LogP contribution in [0.5, 0.6) is 0 Å². The maximum atomic E-state index is 12.1. The van der Waals surface area contributed by atoms with E-state index in [1.54, 1.807) is 0 Å². The number of nitrogens with zero attached hydrogens (tertiary/aromatic N) is 2. The van der Waals surface area contributed by atoms with Crippen LogP contribution in [0, 0.1) is 0 Å². The third kappa shape index (κ3) is 2.23. The highest BCUT2D eigenvalue weighted by atomic mass is 16.2. The Morgan fingerprint density at radius 2 is 2.12 bits per heavy atom. The first-order valence-electron chi connectivity index (χ1n) is 6.29. The Morgan fingerprint density at radius 3 is 2.62 bits per heavy atom. The van der Waals surface area contributed by atoms with Crippen molar-refractivity contribution in [1.29, 1.82) is 0 Å². The molecule has 2 aliphatic rings. The fourth-order valence-corrected chi connectivity index (χ4v) is 2.48. The van der Waals surface area contributed by atoms with Crippen molar-refractivity contribution >= 4 is 5.91 Å². The van der Waals surface area contributed by atoms with E-state index in [0.29, 0.717) is 5.91 Å². The van der Waals surface area contributed by atoms with Gasteiger partial charge in [-0.05, 0) is 53.2 Å². The van der Waals surface area contributed by atoms with Crippen LogP contribution >= 0.6 is 0 Å². The number of nitrogens with one attached hydrogen (secondary N) is 1. The van der Waals surface area contributed by atoms with E-state index in [2.05, 4.69) is 31.2 Å². The maximum absolute atomic E-state index is 12.1. The molecule has 4 heteroatoms. The average Bonchev–Trinajstić information content (AvgIpc) is 2.92. The maximum Gasteiger partial charge on any atom is 0.244 e. The van der Waals surface area contributed by atoms with Gasteiger partial charge in [0.1, 0.15) is 0 Å². The number of unbranched alkanes of at least 4 members (excludes halogenated alkanes) is 1. The zero-order valence-corrected chi connectivity index (χ0v) is 10.6. The molecule has 4 nitrogen and oxygen atoms in total. The largest absolute Gasteiger partial charge is 0.326 e. The Labute approximate surface area is 98.0 Å². The summed E-state index contributed by atoms with van der Waals surface area (Å²) in [5, 5.41) is 3.42. The third-order valence-electron chi connectivity index (χ3n) is 3.63. The van der Waals surface area contributed by atoms with Crippen molar-refractivity contribution in [2.75, 3.05) is 27.2 Å². The minimum Gasteiger partial charge on any atom is -0.326 e. The Morgan fingerprint density at radius 1 is 1.44 bits per heavy atom. The predicted molar refractivity (Wildman–Crippen MR) is 64.1 cm³/mol. The summed E-state index contributed by atoms with van der Waals surface area (Å²) < 4.78 is 0. The summed E-state index contributed by atoms with van der Waals surface area (Å²) in [6, 6.07) is 0. The number of carbonyl (C=O) groups excluding carboxylic acids is 1. The molecule has 1 spiro atoms. The van der Waals surface area contributed by atoms with Gasteiger partial charge < -0.3 is 9.80 Å². The van der Waals surface area contributed by atoms with Gasteiger partial charge in [-0.3, -0.25) is 10.1 Å². The molecule has 16 heavy (non-hydrogen) atoms. The van der Waals surface area contributed by atoms with Gasteiger partial charge in [-0.1, -0.05) is 0 Å². The molecule has 2 rings (SSSR count). The molecule has 0 bridgehead atoms. The smallest absolute Gasteiger partial charge is 0.244 e. The first kappa shape index (κ1) is 11.9. The Hall–Kier alpha value is -0.610. The fourth-order valence-electron chi connectivity index (χ4n) is 2.48. The van der Waals surface area contributed by atoms with Gasteiger partial charge in [-0.15, -0.1) is 0 Å². The summed E-state index contributed by atoms with van der Waals surface area (Å²) in [5.41, 5.74) is -0.138. The highest BCUT2D eigenvalue weighted by Gasteiger charge is 2.57. The second-order valence-corrected chi connectivity index (χ2v) is 5.41. The van der Waals surface area contributed by atoms with Crippen molar-refractivity contribution in [1.82, 2.24) is 15.1 Å². The molecule has 1 saturated heterocycles. The molecule has 1 heterocycles. The zero-order valence-electron chi connectivity index (χ0n) is 10.6. The Balaban J connectivity index is 1.75. The molecule has 1 aliphatic heterocycles. The highest BCUT2D eigenvalue weighted by molar-refractivity contribution is 5.91. The van der Waals surface area contributed by atoms with Gasteiger partial charge in [0.2, 0.25) is 5.91 Å². The molecular weight excluding hydrogens is 202 g/mol. The summed E-state index contributed by atoms with van der Waals surface area (Å²) in [7, 11) is 4.18. The van der Waals surface area contributed by atoms with Crippen molar-refractivity contribution in [2.45, 2.75) is 44.3 Å². The summed E-state index contributed by atoms with van der Waals surface area (Å²) in [6.45, 7) is 4.11. The molecule has 0 aromatic heterocycles. The molecule has 0 aromatic rings. The lowest BCUT2D eigenvalue weighted by atomic mass is 10.2. The lowest BCUT2D eigenvalue weighted by molar-refractivity contribution is -0.130. The number of carbonyl (C=O) groups is 1. The van der Waals surface area contributed by atoms with E-state index >= 15 is 0 Å². The van der Waals surface area contributed by atoms with Gasteiger partial charge >= 0.3 is 0 Å². The highest BCUT2D eigenvalue weighted by Crippen LogP contribution is 2.41. The second kappa shape index (κ2) is 4.34.